The van der Waals surface area contributed by atoms with Crippen LogP contribution in [0.5, 0.6) is 0 Å². The second-order valence-corrected chi connectivity index (χ2v) is 4.91. The summed E-state index contributed by atoms with van der Waals surface area (Å²) in [6, 6.07) is 3.05. The number of aromatic nitrogens is 1. The van der Waals surface area contributed by atoms with Crippen molar-refractivity contribution < 1.29 is 14.8 Å². The SMILES string of the molecule is NC(=O)C1CCCN(C(=O)c2ccc(C(N)=NO)cn2)C1. The molecule has 2 amide bonds. The fourth-order valence-electron chi connectivity index (χ4n) is 2.29. The third-order valence-electron chi connectivity index (χ3n) is 3.50. The molecule has 1 atom stereocenters. The van der Waals surface area contributed by atoms with Crippen LogP contribution in [0.25, 0.3) is 0 Å². The molecule has 1 unspecified atom stereocenters. The zero-order valence-corrected chi connectivity index (χ0v) is 11.4. The maximum atomic E-state index is 12.3. The minimum Gasteiger partial charge on any atom is -0.409 e. The predicted octanol–water partition coefficient (Wildman–Crippen LogP) is -0.486. The van der Waals surface area contributed by atoms with Gasteiger partial charge in [0.2, 0.25) is 5.91 Å². The van der Waals surface area contributed by atoms with Crippen LogP contribution in [0.1, 0.15) is 28.9 Å². The lowest BCUT2D eigenvalue weighted by molar-refractivity contribution is -0.123. The Morgan fingerprint density at radius 2 is 2.14 bits per heavy atom. The number of pyridine rings is 1. The predicted molar refractivity (Wildman–Crippen MR) is 74.6 cm³/mol. The van der Waals surface area contributed by atoms with Crippen molar-refractivity contribution in [2.24, 2.45) is 22.5 Å². The maximum Gasteiger partial charge on any atom is 0.272 e. The van der Waals surface area contributed by atoms with Crippen molar-refractivity contribution in [2.75, 3.05) is 13.1 Å². The molecule has 8 nitrogen and oxygen atoms in total. The molecule has 0 bridgehead atoms. The Morgan fingerprint density at radius 3 is 2.71 bits per heavy atom. The Bertz CT molecular complexity index is 570. The summed E-state index contributed by atoms with van der Waals surface area (Å²) < 4.78 is 0. The lowest BCUT2D eigenvalue weighted by atomic mass is 9.97. The molecule has 2 rings (SSSR count). The van der Waals surface area contributed by atoms with Gasteiger partial charge >= 0.3 is 0 Å². The first kappa shape index (κ1) is 14.8. The van der Waals surface area contributed by atoms with E-state index < -0.39 is 0 Å². The molecule has 0 spiro atoms. The van der Waals surface area contributed by atoms with E-state index in [9.17, 15) is 9.59 Å². The standard InChI is InChI=1S/C13H17N5O3/c14-11(17-21)8-3-4-10(16-6-8)13(20)18-5-1-2-9(7-18)12(15)19/h3-4,6,9,21H,1-2,5,7H2,(H2,14,17)(H2,15,19). The van der Waals surface area contributed by atoms with Crippen molar-refractivity contribution in [3.8, 4) is 0 Å². The summed E-state index contributed by atoms with van der Waals surface area (Å²) in [4.78, 5) is 29.1. The molecule has 2 heterocycles. The number of amidine groups is 1. The summed E-state index contributed by atoms with van der Waals surface area (Å²) in [6.07, 6.45) is 2.80. The number of amides is 2. The first-order valence-corrected chi connectivity index (χ1v) is 6.55. The molecule has 0 aromatic carbocycles. The van der Waals surface area contributed by atoms with Crippen LogP contribution in [-0.4, -0.2) is 45.8 Å². The fourth-order valence-corrected chi connectivity index (χ4v) is 2.29. The van der Waals surface area contributed by atoms with Crippen molar-refractivity contribution in [3.05, 3.63) is 29.6 Å². The number of piperidine rings is 1. The second kappa shape index (κ2) is 6.21. The summed E-state index contributed by atoms with van der Waals surface area (Å²) in [5, 5.41) is 11.4. The Hall–Kier alpha value is -2.64. The molecule has 8 heteroatoms. The van der Waals surface area contributed by atoms with E-state index in [0.29, 0.717) is 25.1 Å². The van der Waals surface area contributed by atoms with E-state index in [-0.39, 0.29) is 29.3 Å². The quantitative estimate of drug-likeness (QED) is 0.299. The number of hydrogen-bond donors (Lipinski definition) is 3. The number of primary amides is 1. The van der Waals surface area contributed by atoms with Crippen LogP contribution in [0, 0.1) is 5.92 Å². The van der Waals surface area contributed by atoms with Crippen molar-refractivity contribution >= 4 is 17.6 Å². The van der Waals surface area contributed by atoms with Crippen molar-refractivity contribution in [3.63, 3.8) is 0 Å². The highest BCUT2D eigenvalue weighted by Crippen LogP contribution is 2.17. The Labute approximate surface area is 121 Å². The van der Waals surface area contributed by atoms with Gasteiger partial charge in [0.05, 0.1) is 5.92 Å². The minimum absolute atomic E-state index is 0.0757. The lowest BCUT2D eigenvalue weighted by Crippen LogP contribution is -2.44. The number of nitrogens with two attached hydrogens (primary N) is 2. The molecule has 5 N–H and O–H groups in total. The van der Waals surface area contributed by atoms with Crippen LogP contribution in [-0.2, 0) is 4.79 Å². The van der Waals surface area contributed by atoms with Gasteiger partial charge in [-0.1, -0.05) is 5.16 Å². The van der Waals surface area contributed by atoms with Gasteiger partial charge in [0.15, 0.2) is 5.84 Å². The Morgan fingerprint density at radius 1 is 1.38 bits per heavy atom. The summed E-state index contributed by atoms with van der Waals surface area (Å²) >= 11 is 0. The second-order valence-electron chi connectivity index (χ2n) is 4.91. The van der Waals surface area contributed by atoms with E-state index in [2.05, 4.69) is 10.1 Å². The minimum atomic E-state index is -0.386. The fraction of sp³-hybridized carbons (Fsp3) is 0.385. The molecule has 1 aromatic heterocycles. The van der Waals surface area contributed by atoms with Crippen molar-refractivity contribution in [1.82, 2.24) is 9.88 Å². The number of hydrogen-bond acceptors (Lipinski definition) is 5. The molecule has 1 aromatic rings. The molecule has 1 fully saturated rings. The first-order valence-electron chi connectivity index (χ1n) is 6.55. The van der Waals surface area contributed by atoms with Gasteiger partial charge in [0, 0.05) is 24.8 Å². The zero-order valence-electron chi connectivity index (χ0n) is 11.4. The summed E-state index contributed by atoms with van der Waals surface area (Å²) in [7, 11) is 0. The van der Waals surface area contributed by atoms with Gasteiger partial charge in [-0.15, -0.1) is 0 Å². The van der Waals surface area contributed by atoms with Gasteiger partial charge in [0.1, 0.15) is 5.69 Å². The number of carbonyl (C=O) groups is 2. The van der Waals surface area contributed by atoms with Gasteiger partial charge in [0.25, 0.3) is 5.91 Å². The highest BCUT2D eigenvalue weighted by atomic mass is 16.4. The lowest BCUT2D eigenvalue weighted by Gasteiger charge is -2.30. The maximum absolute atomic E-state index is 12.3. The van der Waals surface area contributed by atoms with Gasteiger partial charge in [-0.05, 0) is 25.0 Å². The van der Waals surface area contributed by atoms with Gasteiger partial charge < -0.3 is 21.6 Å². The normalized spacial score (nSPS) is 19.3. The van der Waals surface area contributed by atoms with Crippen molar-refractivity contribution in [1.29, 1.82) is 0 Å². The molecule has 0 aliphatic carbocycles. The molecular weight excluding hydrogens is 274 g/mol. The monoisotopic (exact) mass is 291 g/mol. The van der Waals surface area contributed by atoms with Crippen LogP contribution in [0.3, 0.4) is 0 Å². The van der Waals surface area contributed by atoms with E-state index in [1.54, 1.807) is 11.0 Å². The average molecular weight is 291 g/mol. The van der Waals surface area contributed by atoms with Crippen LogP contribution < -0.4 is 11.5 Å². The molecular formula is C13H17N5O3. The van der Waals surface area contributed by atoms with E-state index in [1.807, 2.05) is 0 Å². The Balaban J connectivity index is 2.11. The van der Waals surface area contributed by atoms with Crippen LogP contribution in [0.4, 0.5) is 0 Å². The van der Waals surface area contributed by atoms with Gasteiger partial charge in [-0.2, -0.15) is 0 Å². The van der Waals surface area contributed by atoms with Crippen LogP contribution in [0.2, 0.25) is 0 Å². The molecule has 21 heavy (non-hydrogen) atoms. The Kier molecular flexibility index (Phi) is 4.36. The smallest absolute Gasteiger partial charge is 0.272 e. The molecule has 0 saturated carbocycles. The van der Waals surface area contributed by atoms with Gasteiger partial charge in [-0.3, -0.25) is 14.6 Å². The molecule has 0 radical (unpaired) electrons. The van der Waals surface area contributed by atoms with E-state index >= 15 is 0 Å². The van der Waals surface area contributed by atoms with E-state index in [1.165, 1.54) is 12.3 Å². The number of nitrogens with zero attached hydrogens (tertiary/aromatic N) is 3. The number of likely N-dealkylation sites (tertiary alicyclic amines) is 1. The molecule has 1 saturated heterocycles. The summed E-state index contributed by atoms with van der Waals surface area (Å²) in [5.74, 6) is -1.03. The first-order chi connectivity index (χ1) is 10.0. The van der Waals surface area contributed by atoms with Crippen LogP contribution in [0.15, 0.2) is 23.5 Å². The highest BCUT2D eigenvalue weighted by molar-refractivity contribution is 5.98. The van der Waals surface area contributed by atoms with Gasteiger partial charge in [-0.25, -0.2) is 0 Å². The van der Waals surface area contributed by atoms with E-state index in [0.717, 1.165) is 6.42 Å². The molecule has 1 aliphatic rings. The summed E-state index contributed by atoms with van der Waals surface area (Å²) in [5.41, 5.74) is 11.4. The van der Waals surface area contributed by atoms with Crippen LogP contribution >= 0.6 is 0 Å². The third-order valence-corrected chi connectivity index (χ3v) is 3.50. The largest absolute Gasteiger partial charge is 0.409 e. The highest BCUT2D eigenvalue weighted by Gasteiger charge is 2.28. The van der Waals surface area contributed by atoms with Crippen molar-refractivity contribution in [2.45, 2.75) is 12.8 Å². The zero-order chi connectivity index (χ0) is 15.4. The topological polar surface area (TPSA) is 135 Å². The number of carbonyl (C=O) groups excluding carboxylic acids is 2. The average Bonchev–Trinajstić information content (AvgIpc) is 2.53. The summed E-state index contributed by atoms with van der Waals surface area (Å²) in [6.45, 7) is 0.893. The molecule has 112 valence electrons. The van der Waals surface area contributed by atoms with E-state index in [4.69, 9.17) is 16.7 Å². The molecule has 1 aliphatic heterocycles. The third kappa shape index (κ3) is 3.28. The number of rotatable bonds is 3. The number of oxime groups is 1.